The predicted molar refractivity (Wildman–Crippen MR) is 74.1 cm³/mol. The molecule has 3 nitrogen and oxygen atoms in total. The van der Waals surface area contributed by atoms with Crippen molar-refractivity contribution in [2.75, 3.05) is 17.3 Å². The molecule has 3 N–H and O–H groups in total. The second-order valence-electron chi connectivity index (χ2n) is 4.37. The van der Waals surface area contributed by atoms with Crippen LogP contribution in [0, 0.1) is 11.3 Å². The van der Waals surface area contributed by atoms with E-state index in [1.807, 2.05) is 23.9 Å². The number of hydrogen-bond donors (Lipinski definition) is 2. The van der Waals surface area contributed by atoms with Crippen LogP contribution in [0.15, 0.2) is 18.2 Å². The van der Waals surface area contributed by atoms with Gasteiger partial charge in [-0.15, -0.1) is 0 Å². The zero-order valence-electron chi connectivity index (χ0n) is 9.94. The Morgan fingerprint density at radius 1 is 1.47 bits per heavy atom. The van der Waals surface area contributed by atoms with Crippen LogP contribution in [-0.2, 0) is 0 Å². The summed E-state index contributed by atoms with van der Waals surface area (Å²) in [5.74, 6) is 0. The minimum Gasteiger partial charge on any atom is -0.398 e. The van der Waals surface area contributed by atoms with Gasteiger partial charge in [-0.25, -0.2) is 0 Å². The lowest BCUT2D eigenvalue weighted by atomic mass is 10.1. The first-order chi connectivity index (χ1) is 8.24. The minimum atomic E-state index is 0.514. The van der Waals surface area contributed by atoms with E-state index in [1.54, 1.807) is 6.07 Å². The van der Waals surface area contributed by atoms with Crippen LogP contribution in [0.3, 0.4) is 0 Å². The highest BCUT2D eigenvalue weighted by atomic mass is 32.2. The first-order valence-corrected chi connectivity index (χ1v) is 7.12. The van der Waals surface area contributed by atoms with Crippen LogP contribution in [0.4, 0.5) is 11.4 Å². The molecule has 1 aromatic carbocycles. The minimum absolute atomic E-state index is 0.514. The fraction of sp³-hybridized carbons (Fsp3) is 0.462. The molecule has 1 aliphatic carbocycles. The van der Waals surface area contributed by atoms with Gasteiger partial charge in [-0.05, 0) is 37.3 Å². The average Bonchev–Trinajstić information content (AvgIpc) is 2.79. The summed E-state index contributed by atoms with van der Waals surface area (Å²) in [6.45, 7) is 0. The van der Waals surface area contributed by atoms with Gasteiger partial charge in [0.15, 0.2) is 0 Å². The lowest BCUT2D eigenvalue weighted by Crippen LogP contribution is -2.25. The van der Waals surface area contributed by atoms with Gasteiger partial charge in [0.2, 0.25) is 0 Å². The number of nitrogens with zero attached hydrogens (tertiary/aromatic N) is 1. The van der Waals surface area contributed by atoms with E-state index in [0.717, 1.165) is 5.69 Å². The van der Waals surface area contributed by atoms with Gasteiger partial charge in [0.25, 0.3) is 0 Å². The van der Waals surface area contributed by atoms with E-state index in [4.69, 9.17) is 11.0 Å². The van der Waals surface area contributed by atoms with Crippen LogP contribution in [0.2, 0.25) is 0 Å². The molecule has 0 saturated heterocycles. The maximum Gasteiger partial charge on any atom is 0.101 e. The number of nitrogens with one attached hydrogen (secondary N) is 1. The standard InChI is InChI=1S/C13H17N3S/c1-17-13-4-2-3-12(13)16-10-5-6-11(15)9(7-10)8-14/h5-7,12-13,16H,2-4,15H2,1H3. The van der Waals surface area contributed by atoms with E-state index in [9.17, 15) is 0 Å². The van der Waals surface area contributed by atoms with E-state index in [-0.39, 0.29) is 0 Å². The molecule has 1 aliphatic rings. The van der Waals surface area contributed by atoms with E-state index < -0.39 is 0 Å². The van der Waals surface area contributed by atoms with Crippen LogP contribution in [-0.4, -0.2) is 17.5 Å². The summed E-state index contributed by atoms with van der Waals surface area (Å²) in [6.07, 6.45) is 5.92. The molecular formula is C13H17N3S. The Bertz CT molecular complexity index is 439. The SMILES string of the molecule is CSC1CCCC1Nc1ccc(N)c(C#N)c1. The monoisotopic (exact) mass is 247 g/mol. The van der Waals surface area contributed by atoms with Crippen LogP contribution < -0.4 is 11.1 Å². The second-order valence-corrected chi connectivity index (χ2v) is 5.45. The van der Waals surface area contributed by atoms with Gasteiger partial charge in [0, 0.05) is 22.7 Å². The highest BCUT2D eigenvalue weighted by Gasteiger charge is 2.26. The molecule has 0 spiro atoms. The zero-order valence-corrected chi connectivity index (χ0v) is 10.8. The molecule has 4 heteroatoms. The number of nitrogens with two attached hydrogens (primary N) is 1. The van der Waals surface area contributed by atoms with Crippen LogP contribution in [0.25, 0.3) is 0 Å². The Labute approximate surface area is 106 Å². The van der Waals surface area contributed by atoms with Crippen molar-refractivity contribution in [1.82, 2.24) is 0 Å². The zero-order chi connectivity index (χ0) is 12.3. The molecule has 17 heavy (non-hydrogen) atoms. The topological polar surface area (TPSA) is 61.8 Å². The molecule has 2 unspecified atom stereocenters. The Kier molecular flexibility index (Phi) is 3.80. The molecule has 0 aromatic heterocycles. The van der Waals surface area contributed by atoms with Crippen LogP contribution >= 0.6 is 11.8 Å². The first-order valence-electron chi connectivity index (χ1n) is 5.83. The highest BCUT2D eigenvalue weighted by molar-refractivity contribution is 7.99. The highest BCUT2D eigenvalue weighted by Crippen LogP contribution is 2.31. The summed E-state index contributed by atoms with van der Waals surface area (Å²) in [5.41, 5.74) is 7.81. The van der Waals surface area contributed by atoms with Gasteiger partial charge in [0.05, 0.1) is 5.56 Å². The molecule has 0 amide bonds. The fourth-order valence-corrected chi connectivity index (χ4v) is 3.27. The van der Waals surface area contributed by atoms with Crippen molar-refractivity contribution in [3.8, 4) is 6.07 Å². The Morgan fingerprint density at radius 3 is 3.00 bits per heavy atom. The van der Waals surface area contributed by atoms with Gasteiger partial charge < -0.3 is 11.1 Å². The number of nitriles is 1. The van der Waals surface area contributed by atoms with Crippen molar-refractivity contribution >= 4 is 23.1 Å². The average molecular weight is 247 g/mol. The van der Waals surface area contributed by atoms with Gasteiger partial charge in [0.1, 0.15) is 6.07 Å². The van der Waals surface area contributed by atoms with Crippen molar-refractivity contribution in [2.45, 2.75) is 30.6 Å². The van der Waals surface area contributed by atoms with Gasteiger partial charge in [-0.3, -0.25) is 0 Å². The van der Waals surface area contributed by atoms with Gasteiger partial charge >= 0.3 is 0 Å². The molecule has 2 atom stereocenters. The second kappa shape index (κ2) is 5.33. The Morgan fingerprint density at radius 2 is 2.29 bits per heavy atom. The van der Waals surface area contributed by atoms with E-state index in [2.05, 4.69) is 17.6 Å². The summed E-state index contributed by atoms with van der Waals surface area (Å²) in [5, 5.41) is 13.1. The molecule has 0 bridgehead atoms. The largest absolute Gasteiger partial charge is 0.398 e. The fourth-order valence-electron chi connectivity index (χ4n) is 2.33. The molecule has 90 valence electrons. The first kappa shape index (κ1) is 12.1. The van der Waals surface area contributed by atoms with Gasteiger partial charge in [-0.2, -0.15) is 17.0 Å². The molecular weight excluding hydrogens is 230 g/mol. The summed E-state index contributed by atoms with van der Waals surface area (Å²) >= 11 is 1.92. The summed E-state index contributed by atoms with van der Waals surface area (Å²) < 4.78 is 0. The van der Waals surface area contributed by atoms with Crippen molar-refractivity contribution in [3.63, 3.8) is 0 Å². The number of nitrogen functional groups attached to an aromatic ring is 1. The van der Waals surface area contributed by atoms with Crippen molar-refractivity contribution in [3.05, 3.63) is 23.8 Å². The summed E-state index contributed by atoms with van der Waals surface area (Å²) in [4.78, 5) is 0. The molecule has 1 fully saturated rings. The van der Waals surface area contributed by atoms with Crippen molar-refractivity contribution in [2.24, 2.45) is 0 Å². The quantitative estimate of drug-likeness (QED) is 0.806. The lowest BCUT2D eigenvalue weighted by molar-refractivity contribution is 0.769. The third-order valence-corrected chi connectivity index (χ3v) is 4.45. The van der Waals surface area contributed by atoms with E-state index >= 15 is 0 Å². The maximum atomic E-state index is 8.94. The summed E-state index contributed by atoms with van der Waals surface area (Å²) in [7, 11) is 0. The number of rotatable bonds is 3. The number of anilines is 2. The smallest absolute Gasteiger partial charge is 0.101 e. The number of hydrogen-bond acceptors (Lipinski definition) is 4. The third kappa shape index (κ3) is 2.67. The molecule has 0 aliphatic heterocycles. The Balaban J connectivity index is 2.11. The third-order valence-electron chi connectivity index (χ3n) is 3.28. The molecule has 0 heterocycles. The lowest BCUT2D eigenvalue weighted by Gasteiger charge is -2.20. The van der Waals surface area contributed by atoms with Gasteiger partial charge in [-0.1, -0.05) is 6.42 Å². The maximum absolute atomic E-state index is 8.94. The Hall–Kier alpha value is -1.34. The molecule has 1 saturated carbocycles. The molecule has 2 rings (SSSR count). The van der Waals surface area contributed by atoms with Crippen LogP contribution in [0.1, 0.15) is 24.8 Å². The van der Waals surface area contributed by atoms with Crippen molar-refractivity contribution < 1.29 is 0 Å². The van der Waals surface area contributed by atoms with E-state index in [1.165, 1.54) is 19.3 Å². The van der Waals surface area contributed by atoms with Crippen molar-refractivity contribution in [1.29, 1.82) is 5.26 Å². The molecule has 0 radical (unpaired) electrons. The predicted octanol–water partition coefficient (Wildman–Crippen LogP) is 2.84. The summed E-state index contributed by atoms with van der Waals surface area (Å²) in [6, 6.07) is 8.21. The van der Waals surface area contributed by atoms with Crippen LogP contribution in [0.5, 0.6) is 0 Å². The van der Waals surface area contributed by atoms with E-state index in [0.29, 0.717) is 22.5 Å². The number of thioether (sulfide) groups is 1. The number of benzene rings is 1. The molecule has 1 aromatic rings. The normalized spacial score (nSPS) is 23.3.